The summed E-state index contributed by atoms with van der Waals surface area (Å²) >= 11 is 2.17. The molecule has 0 bridgehead atoms. The number of aromatic hydroxyl groups is 1. The maximum Gasteiger partial charge on any atom is 0.317 e. The fraction of sp³-hybridized carbons (Fsp3) is 0.267. The number of phenolic OH excluding ortho intramolecular Hbond substituents is 1. The lowest BCUT2D eigenvalue weighted by Crippen LogP contribution is -2.30. The molecular weight excluding hydrogens is 355 g/mol. The first-order chi connectivity index (χ1) is 8.95. The van der Waals surface area contributed by atoms with E-state index in [1.165, 1.54) is 0 Å². The van der Waals surface area contributed by atoms with Crippen molar-refractivity contribution in [1.29, 1.82) is 0 Å². The van der Waals surface area contributed by atoms with Crippen LogP contribution in [0.25, 0.3) is 10.8 Å². The molecule has 19 heavy (non-hydrogen) atoms. The van der Waals surface area contributed by atoms with Crippen LogP contribution in [-0.2, 0) is 4.79 Å². The minimum absolute atomic E-state index is 0.184. The number of rotatable bonds is 3. The van der Waals surface area contributed by atoms with Crippen LogP contribution in [0, 0.1) is 5.41 Å². The zero-order chi connectivity index (χ0) is 14.0. The lowest BCUT2D eigenvalue weighted by molar-refractivity contribution is -0.142. The molecule has 0 aliphatic rings. The van der Waals surface area contributed by atoms with Gasteiger partial charge in [0.25, 0.3) is 0 Å². The van der Waals surface area contributed by atoms with Crippen molar-refractivity contribution in [1.82, 2.24) is 0 Å². The summed E-state index contributed by atoms with van der Waals surface area (Å²) in [6, 6.07) is 10.5. The number of esters is 1. The molecule has 0 saturated heterocycles. The second kappa shape index (κ2) is 5.36. The van der Waals surface area contributed by atoms with Gasteiger partial charge in [-0.15, -0.1) is 0 Å². The van der Waals surface area contributed by atoms with Crippen molar-refractivity contribution in [3.05, 3.63) is 36.4 Å². The van der Waals surface area contributed by atoms with Gasteiger partial charge < -0.3 is 9.84 Å². The van der Waals surface area contributed by atoms with E-state index in [0.29, 0.717) is 15.6 Å². The summed E-state index contributed by atoms with van der Waals surface area (Å²) in [7, 11) is 0. The number of carbonyl (C=O) groups excluding carboxylic acids is 1. The van der Waals surface area contributed by atoms with E-state index in [9.17, 15) is 9.90 Å². The molecule has 2 aromatic rings. The van der Waals surface area contributed by atoms with Gasteiger partial charge in [0.2, 0.25) is 0 Å². The highest BCUT2D eigenvalue weighted by Gasteiger charge is 2.28. The van der Waals surface area contributed by atoms with E-state index in [1.54, 1.807) is 30.3 Å². The van der Waals surface area contributed by atoms with E-state index in [0.717, 1.165) is 5.39 Å². The molecule has 0 amide bonds. The highest BCUT2D eigenvalue weighted by atomic mass is 127. The summed E-state index contributed by atoms with van der Waals surface area (Å²) in [5.74, 6) is 0.401. The molecule has 0 aliphatic carbocycles. The third kappa shape index (κ3) is 2.83. The Morgan fingerprint density at radius 1 is 1.21 bits per heavy atom. The third-order valence-electron chi connectivity index (χ3n) is 2.95. The predicted molar refractivity (Wildman–Crippen MR) is 83.9 cm³/mol. The molecule has 0 atom stereocenters. The Labute approximate surface area is 125 Å². The monoisotopic (exact) mass is 370 g/mol. The highest BCUT2D eigenvalue weighted by molar-refractivity contribution is 14.1. The molecule has 2 rings (SSSR count). The van der Waals surface area contributed by atoms with Crippen LogP contribution in [0.3, 0.4) is 0 Å². The van der Waals surface area contributed by atoms with Crippen molar-refractivity contribution in [2.45, 2.75) is 13.8 Å². The number of phenols is 1. The van der Waals surface area contributed by atoms with E-state index < -0.39 is 5.41 Å². The van der Waals surface area contributed by atoms with Crippen molar-refractivity contribution < 1.29 is 14.6 Å². The summed E-state index contributed by atoms with van der Waals surface area (Å²) < 4.78 is 6.16. The van der Waals surface area contributed by atoms with E-state index in [-0.39, 0.29) is 11.7 Å². The van der Waals surface area contributed by atoms with Crippen molar-refractivity contribution in [3.63, 3.8) is 0 Å². The molecule has 100 valence electrons. The SMILES string of the molecule is CC(C)(CI)C(=O)Oc1cccc2c(O)cccc12. The standard InChI is InChI=1S/C15H15IO3/c1-15(2,9-16)14(18)19-13-8-4-5-10-11(13)6-3-7-12(10)17/h3-8,17H,9H2,1-2H3. The maximum absolute atomic E-state index is 12.1. The molecular formula is C15H15IO3. The van der Waals surface area contributed by atoms with E-state index in [2.05, 4.69) is 22.6 Å². The molecule has 0 aromatic heterocycles. The summed E-state index contributed by atoms with van der Waals surface area (Å²) in [5, 5.41) is 11.2. The molecule has 0 radical (unpaired) electrons. The smallest absolute Gasteiger partial charge is 0.317 e. The Kier molecular flexibility index (Phi) is 3.99. The first-order valence-electron chi connectivity index (χ1n) is 5.94. The largest absolute Gasteiger partial charge is 0.507 e. The number of halogens is 1. The van der Waals surface area contributed by atoms with Crippen molar-refractivity contribution in [3.8, 4) is 11.5 Å². The maximum atomic E-state index is 12.1. The molecule has 0 fully saturated rings. The van der Waals surface area contributed by atoms with E-state index >= 15 is 0 Å². The zero-order valence-electron chi connectivity index (χ0n) is 10.8. The number of carbonyl (C=O) groups is 1. The normalized spacial score (nSPS) is 11.5. The van der Waals surface area contributed by atoms with Crippen molar-refractivity contribution >= 4 is 39.3 Å². The molecule has 0 aliphatic heterocycles. The molecule has 1 N–H and O–H groups in total. The van der Waals surface area contributed by atoms with E-state index in [4.69, 9.17) is 4.74 Å². The van der Waals surface area contributed by atoms with Gasteiger partial charge in [0.05, 0.1) is 5.41 Å². The minimum Gasteiger partial charge on any atom is -0.507 e. The summed E-state index contributed by atoms with van der Waals surface area (Å²) in [4.78, 5) is 12.1. The molecule has 4 heteroatoms. The first-order valence-corrected chi connectivity index (χ1v) is 7.47. The third-order valence-corrected chi connectivity index (χ3v) is 4.86. The Morgan fingerprint density at radius 3 is 2.53 bits per heavy atom. The average molecular weight is 370 g/mol. The van der Waals surface area contributed by atoms with Gasteiger partial charge in [-0.3, -0.25) is 4.79 Å². The zero-order valence-corrected chi connectivity index (χ0v) is 13.0. The lowest BCUT2D eigenvalue weighted by Gasteiger charge is -2.20. The van der Waals surface area contributed by atoms with Gasteiger partial charge in [-0.05, 0) is 26.0 Å². The number of alkyl halides is 1. The van der Waals surface area contributed by atoms with Gasteiger partial charge in [0.15, 0.2) is 0 Å². The van der Waals surface area contributed by atoms with Gasteiger partial charge in [-0.25, -0.2) is 0 Å². The highest BCUT2D eigenvalue weighted by Crippen LogP contribution is 2.32. The van der Waals surface area contributed by atoms with Gasteiger partial charge in [0, 0.05) is 15.2 Å². The van der Waals surface area contributed by atoms with Crippen LogP contribution in [0.4, 0.5) is 0 Å². The number of benzene rings is 2. The first kappa shape index (κ1) is 14.1. The number of fused-ring (bicyclic) bond motifs is 1. The predicted octanol–water partition coefficient (Wildman–Crippen LogP) is 3.91. The topological polar surface area (TPSA) is 46.5 Å². The lowest BCUT2D eigenvalue weighted by atomic mass is 9.97. The molecule has 0 unspecified atom stereocenters. The fourth-order valence-electron chi connectivity index (χ4n) is 1.65. The molecule has 0 saturated carbocycles. The fourth-order valence-corrected chi connectivity index (χ4v) is 1.96. The van der Waals surface area contributed by atoms with Crippen molar-refractivity contribution in [2.75, 3.05) is 4.43 Å². The number of hydrogen-bond acceptors (Lipinski definition) is 3. The van der Waals surface area contributed by atoms with Crippen LogP contribution >= 0.6 is 22.6 Å². The molecule has 0 heterocycles. The van der Waals surface area contributed by atoms with Crippen LogP contribution in [0.5, 0.6) is 11.5 Å². The number of hydrogen-bond donors (Lipinski definition) is 1. The minimum atomic E-state index is -0.528. The van der Waals surface area contributed by atoms with Crippen LogP contribution < -0.4 is 4.74 Å². The quantitative estimate of drug-likeness (QED) is 0.386. The van der Waals surface area contributed by atoms with Gasteiger partial charge in [-0.2, -0.15) is 0 Å². The van der Waals surface area contributed by atoms with Crippen molar-refractivity contribution in [2.24, 2.45) is 5.41 Å². The van der Waals surface area contributed by atoms with Crippen LogP contribution in [-0.4, -0.2) is 15.5 Å². The second-order valence-electron chi connectivity index (χ2n) is 5.04. The van der Waals surface area contributed by atoms with Crippen LogP contribution in [0.15, 0.2) is 36.4 Å². The molecule has 0 spiro atoms. The van der Waals surface area contributed by atoms with E-state index in [1.807, 2.05) is 19.9 Å². The Morgan fingerprint density at radius 2 is 1.84 bits per heavy atom. The second-order valence-corrected chi connectivity index (χ2v) is 5.80. The number of ether oxygens (including phenoxy) is 1. The molecule has 2 aromatic carbocycles. The summed E-state index contributed by atoms with van der Waals surface area (Å²) in [6.45, 7) is 3.70. The summed E-state index contributed by atoms with van der Waals surface area (Å²) in [6.07, 6.45) is 0. The van der Waals surface area contributed by atoms with Gasteiger partial charge in [0.1, 0.15) is 11.5 Å². The van der Waals surface area contributed by atoms with Gasteiger partial charge in [-0.1, -0.05) is 46.9 Å². The van der Waals surface area contributed by atoms with Crippen LogP contribution in [0.2, 0.25) is 0 Å². The Bertz CT molecular complexity index is 620. The van der Waals surface area contributed by atoms with Gasteiger partial charge >= 0.3 is 5.97 Å². The Balaban J connectivity index is 2.42. The summed E-state index contributed by atoms with van der Waals surface area (Å²) in [5.41, 5.74) is -0.528. The Hall–Kier alpha value is -1.30. The van der Waals surface area contributed by atoms with Crippen LogP contribution in [0.1, 0.15) is 13.8 Å². The molecule has 3 nitrogen and oxygen atoms in total. The average Bonchev–Trinajstić information content (AvgIpc) is 2.40.